The third-order valence-corrected chi connectivity index (χ3v) is 5.15. The van der Waals surface area contributed by atoms with E-state index in [4.69, 9.17) is 0 Å². The van der Waals surface area contributed by atoms with E-state index in [1.165, 1.54) is 23.1 Å². The number of carbonyl (C=O) groups is 2. The number of aryl methyl sites for hydroxylation is 1. The molecule has 2 heterocycles. The molecule has 0 unspecified atom stereocenters. The topological polar surface area (TPSA) is 107 Å². The second kappa shape index (κ2) is 7.87. The lowest BCUT2D eigenvalue weighted by Gasteiger charge is -2.43. The number of H-pyrrole nitrogens is 1. The molecule has 1 aliphatic rings. The number of rotatable bonds is 6. The van der Waals surface area contributed by atoms with E-state index in [2.05, 4.69) is 10.2 Å². The van der Waals surface area contributed by atoms with Crippen LogP contribution in [0.5, 0.6) is 0 Å². The first-order valence-electron chi connectivity index (χ1n) is 8.82. The molecule has 8 heteroatoms. The summed E-state index contributed by atoms with van der Waals surface area (Å²) in [6.07, 6.45) is 3.07. The van der Waals surface area contributed by atoms with Crippen molar-refractivity contribution in [2.24, 2.45) is 5.41 Å². The number of aliphatic hydroxyl groups is 1. The van der Waals surface area contributed by atoms with Gasteiger partial charge in [-0.3, -0.25) is 14.7 Å². The van der Waals surface area contributed by atoms with Crippen LogP contribution in [-0.4, -0.2) is 56.4 Å². The van der Waals surface area contributed by atoms with E-state index in [1.54, 1.807) is 18.5 Å². The number of likely N-dealkylation sites (tertiary alicyclic amines) is 1. The molecule has 0 spiro atoms. The van der Waals surface area contributed by atoms with E-state index in [1.807, 2.05) is 0 Å². The molecular formula is C19H22FN3O4. The van der Waals surface area contributed by atoms with Crippen LogP contribution in [0.15, 0.2) is 36.7 Å². The van der Waals surface area contributed by atoms with Gasteiger partial charge in [0.05, 0.1) is 12.3 Å². The van der Waals surface area contributed by atoms with E-state index in [0.29, 0.717) is 18.5 Å². The lowest BCUT2D eigenvalue weighted by molar-refractivity contribution is -0.165. The first-order chi connectivity index (χ1) is 12.9. The van der Waals surface area contributed by atoms with Crippen LogP contribution in [0, 0.1) is 11.2 Å². The summed E-state index contributed by atoms with van der Waals surface area (Å²) in [7, 11) is 0. The molecule has 1 aromatic heterocycles. The number of nitrogens with one attached hydrogen (secondary N) is 1. The molecule has 1 aliphatic heterocycles. The molecule has 0 radical (unpaired) electrons. The van der Waals surface area contributed by atoms with Gasteiger partial charge in [-0.1, -0.05) is 12.1 Å². The minimum atomic E-state index is -1.56. The Morgan fingerprint density at radius 3 is 2.85 bits per heavy atom. The first-order valence-corrected chi connectivity index (χ1v) is 8.82. The van der Waals surface area contributed by atoms with Crippen molar-refractivity contribution in [3.05, 3.63) is 53.6 Å². The van der Waals surface area contributed by atoms with Gasteiger partial charge in [-0.15, -0.1) is 0 Å². The van der Waals surface area contributed by atoms with Gasteiger partial charge in [0.1, 0.15) is 11.2 Å². The number of halogens is 1. The van der Waals surface area contributed by atoms with Crippen LogP contribution in [0.2, 0.25) is 0 Å². The van der Waals surface area contributed by atoms with Crippen LogP contribution >= 0.6 is 0 Å². The number of aromatic nitrogens is 2. The lowest BCUT2D eigenvalue weighted by Crippen LogP contribution is -2.58. The third kappa shape index (κ3) is 4.16. The van der Waals surface area contributed by atoms with Gasteiger partial charge in [0.25, 0.3) is 0 Å². The second-order valence-corrected chi connectivity index (χ2v) is 6.99. The number of nitrogens with zero attached hydrogens (tertiary/aromatic N) is 2. The fraction of sp³-hybridized carbons (Fsp3) is 0.421. The van der Waals surface area contributed by atoms with Crippen molar-refractivity contribution in [1.82, 2.24) is 15.1 Å². The maximum absolute atomic E-state index is 13.5. The summed E-state index contributed by atoms with van der Waals surface area (Å²) in [4.78, 5) is 26.1. The predicted octanol–water partition coefficient (Wildman–Crippen LogP) is 1.39. The largest absolute Gasteiger partial charge is 0.481 e. The number of aliphatic hydroxyl groups excluding tert-OH is 1. The Hall–Kier alpha value is -2.74. The fourth-order valence-electron chi connectivity index (χ4n) is 3.59. The van der Waals surface area contributed by atoms with Gasteiger partial charge in [0, 0.05) is 25.7 Å². The Kier molecular flexibility index (Phi) is 5.55. The number of aromatic amines is 1. The van der Waals surface area contributed by atoms with Crippen LogP contribution in [0.3, 0.4) is 0 Å². The summed E-state index contributed by atoms with van der Waals surface area (Å²) in [6, 6.07) is 5.67. The average Bonchev–Trinajstić information content (AvgIpc) is 3.15. The zero-order valence-electron chi connectivity index (χ0n) is 14.8. The number of benzene rings is 1. The van der Waals surface area contributed by atoms with E-state index < -0.39 is 23.3 Å². The summed E-state index contributed by atoms with van der Waals surface area (Å²) < 4.78 is 13.5. The van der Waals surface area contributed by atoms with Gasteiger partial charge >= 0.3 is 5.97 Å². The van der Waals surface area contributed by atoms with Crippen LogP contribution in [0.1, 0.15) is 24.0 Å². The van der Waals surface area contributed by atoms with Crippen molar-refractivity contribution in [2.45, 2.75) is 31.8 Å². The Morgan fingerprint density at radius 1 is 1.37 bits per heavy atom. The summed E-state index contributed by atoms with van der Waals surface area (Å²) in [5.41, 5.74) is -0.189. The Morgan fingerprint density at radius 2 is 2.19 bits per heavy atom. The maximum Gasteiger partial charge on any atom is 0.314 e. The van der Waals surface area contributed by atoms with Crippen molar-refractivity contribution in [2.75, 3.05) is 13.1 Å². The summed E-state index contributed by atoms with van der Waals surface area (Å²) in [5.74, 6) is -1.83. The number of piperidine rings is 1. The quantitative estimate of drug-likeness (QED) is 0.707. The molecule has 1 aromatic carbocycles. The van der Waals surface area contributed by atoms with Gasteiger partial charge < -0.3 is 15.1 Å². The highest BCUT2D eigenvalue weighted by molar-refractivity contribution is 5.80. The number of carboxylic acids is 1. The first kappa shape index (κ1) is 19.0. The SMILES string of the molecule is O=C(CCc1cn[nH]c1)N1CC[C@@H](O)[C@](Cc2cccc(F)c2)(C(=O)O)C1. The number of carbonyl (C=O) groups excluding carboxylic acids is 1. The third-order valence-electron chi connectivity index (χ3n) is 5.15. The van der Waals surface area contributed by atoms with Gasteiger partial charge in [-0.25, -0.2) is 4.39 Å². The number of carboxylic acid groups (broad SMARTS) is 1. The predicted molar refractivity (Wildman–Crippen MR) is 94.3 cm³/mol. The van der Waals surface area contributed by atoms with E-state index in [0.717, 1.165) is 5.56 Å². The Bertz CT molecular complexity index is 811. The molecule has 0 bridgehead atoms. The molecule has 1 fully saturated rings. The van der Waals surface area contributed by atoms with Gasteiger partial charge in [-0.2, -0.15) is 5.10 Å². The van der Waals surface area contributed by atoms with Crippen LogP contribution in [0.25, 0.3) is 0 Å². The van der Waals surface area contributed by atoms with E-state index in [9.17, 15) is 24.2 Å². The molecule has 3 N–H and O–H groups in total. The Balaban J connectivity index is 1.75. The normalized spacial score (nSPS) is 22.6. The Labute approximate surface area is 155 Å². The second-order valence-electron chi connectivity index (χ2n) is 6.99. The van der Waals surface area contributed by atoms with Crippen LogP contribution in [-0.2, 0) is 22.4 Å². The van der Waals surface area contributed by atoms with Crippen molar-refractivity contribution < 1.29 is 24.2 Å². The number of amides is 1. The monoisotopic (exact) mass is 375 g/mol. The van der Waals surface area contributed by atoms with Gasteiger partial charge in [0.2, 0.25) is 5.91 Å². The molecule has 2 atom stereocenters. The molecule has 0 saturated carbocycles. The molecule has 2 aromatic rings. The molecule has 1 amide bonds. The molecular weight excluding hydrogens is 353 g/mol. The number of hydrogen-bond donors (Lipinski definition) is 3. The molecule has 27 heavy (non-hydrogen) atoms. The highest BCUT2D eigenvalue weighted by Crippen LogP contribution is 2.35. The fourth-order valence-corrected chi connectivity index (χ4v) is 3.59. The summed E-state index contributed by atoms with van der Waals surface area (Å²) >= 11 is 0. The zero-order chi connectivity index (χ0) is 19.4. The molecule has 7 nitrogen and oxygen atoms in total. The van der Waals surface area contributed by atoms with Crippen molar-refractivity contribution in [3.63, 3.8) is 0 Å². The van der Waals surface area contributed by atoms with E-state index in [-0.39, 0.29) is 31.7 Å². The average molecular weight is 375 g/mol. The van der Waals surface area contributed by atoms with Gasteiger partial charge in [-0.05, 0) is 42.5 Å². The van der Waals surface area contributed by atoms with E-state index >= 15 is 0 Å². The molecule has 0 aliphatic carbocycles. The number of hydrogen-bond acceptors (Lipinski definition) is 4. The van der Waals surface area contributed by atoms with Gasteiger partial charge in [0.15, 0.2) is 0 Å². The molecule has 144 valence electrons. The van der Waals surface area contributed by atoms with Crippen molar-refractivity contribution in [3.8, 4) is 0 Å². The zero-order valence-corrected chi connectivity index (χ0v) is 14.8. The minimum absolute atomic E-state index is 0.0488. The van der Waals surface area contributed by atoms with Crippen molar-refractivity contribution >= 4 is 11.9 Å². The van der Waals surface area contributed by atoms with Crippen LogP contribution < -0.4 is 0 Å². The highest BCUT2D eigenvalue weighted by Gasteiger charge is 2.50. The summed E-state index contributed by atoms with van der Waals surface area (Å²) in [6.45, 7) is 0.188. The smallest absolute Gasteiger partial charge is 0.314 e. The summed E-state index contributed by atoms with van der Waals surface area (Å²) in [5, 5.41) is 26.9. The van der Waals surface area contributed by atoms with Crippen LogP contribution in [0.4, 0.5) is 4.39 Å². The minimum Gasteiger partial charge on any atom is -0.481 e. The lowest BCUT2D eigenvalue weighted by atomic mass is 9.72. The molecule has 3 rings (SSSR count). The standard InChI is InChI=1S/C19H22FN3O4/c20-15-3-1-2-13(8-15)9-19(18(26)27)12-23(7-6-16(19)24)17(25)5-4-14-10-21-22-11-14/h1-3,8,10-11,16,24H,4-7,9,12H2,(H,21,22)(H,26,27)/t16-,19-/m1/s1. The van der Waals surface area contributed by atoms with Crippen molar-refractivity contribution in [1.29, 1.82) is 0 Å². The molecule has 1 saturated heterocycles. The maximum atomic E-state index is 13.5. The number of aliphatic carboxylic acids is 1. The highest BCUT2D eigenvalue weighted by atomic mass is 19.1.